The molecule has 3 aliphatic rings. The summed E-state index contributed by atoms with van der Waals surface area (Å²) in [6.45, 7) is 3.76. The first kappa shape index (κ1) is 26.2. The lowest BCUT2D eigenvalue weighted by atomic mass is 9.99. The maximum atomic E-state index is 13.6. The number of ether oxygens (including phenoxy) is 1. The monoisotopic (exact) mass is 557 g/mol. The number of benzene rings is 2. The first-order valence-electron chi connectivity index (χ1n) is 13.6. The van der Waals surface area contributed by atoms with Crippen LogP contribution in [0.25, 0.3) is 0 Å². The van der Waals surface area contributed by atoms with Crippen molar-refractivity contribution in [3.63, 3.8) is 0 Å². The van der Waals surface area contributed by atoms with Crippen LogP contribution in [0.5, 0.6) is 11.5 Å². The molecule has 206 valence electrons. The van der Waals surface area contributed by atoms with Gasteiger partial charge in [0.1, 0.15) is 21.8 Å². The van der Waals surface area contributed by atoms with Crippen LogP contribution in [-0.4, -0.2) is 40.2 Å². The topological polar surface area (TPSA) is 113 Å². The molecule has 0 radical (unpaired) electrons. The molecular weight excluding hydrogens is 526 g/mol. The van der Waals surface area contributed by atoms with Crippen molar-refractivity contribution < 1.29 is 19.1 Å². The number of amides is 4. The van der Waals surface area contributed by atoms with Crippen molar-refractivity contribution in [2.75, 3.05) is 4.90 Å². The number of para-hydroxylation sites is 1. The Hall–Kier alpha value is -4.05. The fourth-order valence-corrected chi connectivity index (χ4v) is 6.95. The summed E-state index contributed by atoms with van der Waals surface area (Å²) in [5.74, 6) is 1.24. The highest BCUT2D eigenvalue weighted by Crippen LogP contribution is 2.51. The van der Waals surface area contributed by atoms with Crippen molar-refractivity contribution in [1.82, 2.24) is 20.9 Å². The normalized spacial score (nSPS) is 22.9. The lowest BCUT2D eigenvalue weighted by molar-refractivity contribution is -0.124. The Morgan fingerprint density at radius 2 is 1.82 bits per heavy atom. The quantitative estimate of drug-likeness (QED) is 0.372. The summed E-state index contributed by atoms with van der Waals surface area (Å²) in [6, 6.07) is 16.0. The van der Waals surface area contributed by atoms with Crippen molar-refractivity contribution in [3.8, 4) is 11.5 Å². The summed E-state index contributed by atoms with van der Waals surface area (Å²) in [7, 11) is 0. The van der Waals surface area contributed by atoms with Crippen LogP contribution < -0.4 is 25.6 Å². The van der Waals surface area contributed by atoms with Gasteiger partial charge in [-0.3, -0.25) is 14.5 Å². The van der Waals surface area contributed by atoms with Crippen molar-refractivity contribution in [1.29, 1.82) is 0 Å². The molecular formula is C30H31N5O4S. The highest BCUT2D eigenvalue weighted by atomic mass is 32.2. The number of hydrogen-bond acceptors (Lipinski definition) is 6. The molecule has 1 fully saturated rings. The minimum atomic E-state index is -0.555. The summed E-state index contributed by atoms with van der Waals surface area (Å²) in [5.41, 5.74) is 3.16. The lowest BCUT2D eigenvalue weighted by Crippen LogP contribution is -2.53. The predicted molar refractivity (Wildman–Crippen MR) is 153 cm³/mol. The van der Waals surface area contributed by atoms with E-state index in [-0.39, 0.29) is 29.9 Å². The second kappa shape index (κ2) is 10.8. The molecule has 2 unspecified atom stereocenters. The van der Waals surface area contributed by atoms with E-state index in [1.165, 1.54) is 11.8 Å². The minimum Gasteiger partial charge on any atom is -0.457 e. The maximum Gasteiger partial charge on any atom is 0.327 e. The molecule has 3 heterocycles. The van der Waals surface area contributed by atoms with Gasteiger partial charge in [0.15, 0.2) is 0 Å². The van der Waals surface area contributed by atoms with Crippen LogP contribution in [-0.2, 0) is 9.59 Å². The van der Waals surface area contributed by atoms with Gasteiger partial charge in [-0.1, -0.05) is 36.9 Å². The zero-order valence-corrected chi connectivity index (χ0v) is 23.2. The van der Waals surface area contributed by atoms with Crippen LogP contribution in [0.1, 0.15) is 49.8 Å². The van der Waals surface area contributed by atoms with Crippen molar-refractivity contribution in [3.05, 3.63) is 71.9 Å². The van der Waals surface area contributed by atoms with Crippen LogP contribution in [0.2, 0.25) is 0 Å². The number of carbonyl (C=O) groups is 3. The molecule has 0 saturated heterocycles. The number of rotatable bonds is 7. The van der Waals surface area contributed by atoms with Gasteiger partial charge < -0.3 is 20.7 Å². The predicted octanol–water partition coefficient (Wildman–Crippen LogP) is 5.12. The van der Waals surface area contributed by atoms with E-state index in [2.05, 4.69) is 20.9 Å². The van der Waals surface area contributed by atoms with Crippen LogP contribution in [0, 0.1) is 6.92 Å². The number of aryl methyl sites for hydroxylation is 1. The van der Waals surface area contributed by atoms with Crippen molar-refractivity contribution in [2.45, 2.75) is 67.9 Å². The number of pyridine rings is 1. The molecule has 1 aliphatic carbocycles. The van der Waals surface area contributed by atoms with Gasteiger partial charge in [-0.05, 0) is 68.1 Å². The Morgan fingerprint density at radius 3 is 2.58 bits per heavy atom. The van der Waals surface area contributed by atoms with Crippen molar-refractivity contribution >= 4 is 41.0 Å². The molecule has 3 aromatic rings. The second-order valence-corrected chi connectivity index (χ2v) is 11.4. The molecule has 2 aliphatic heterocycles. The third-order valence-electron chi connectivity index (χ3n) is 7.66. The molecule has 10 heteroatoms. The average molecular weight is 558 g/mol. The van der Waals surface area contributed by atoms with Gasteiger partial charge in [0.05, 0.1) is 17.4 Å². The number of hydrogen-bond donors (Lipinski definition) is 3. The fraction of sp³-hybridized carbons (Fsp3) is 0.333. The molecule has 3 N–H and O–H groups in total. The summed E-state index contributed by atoms with van der Waals surface area (Å²) in [4.78, 5) is 45.2. The number of urea groups is 1. The van der Waals surface area contributed by atoms with Gasteiger partial charge in [-0.2, -0.15) is 0 Å². The highest BCUT2D eigenvalue weighted by Gasteiger charge is 2.47. The number of nitrogens with zero attached hydrogens (tertiary/aromatic N) is 2. The third-order valence-corrected chi connectivity index (χ3v) is 8.95. The molecule has 1 aromatic heterocycles. The van der Waals surface area contributed by atoms with Crippen LogP contribution in [0.3, 0.4) is 0 Å². The van der Waals surface area contributed by atoms with E-state index in [1.54, 1.807) is 11.1 Å². The number of thioether (sulfide) groups is 1. The van der Waals surface area contributed by atoms with E-state index in [1.807, 2.05) is 68.4 Å². The van der Waals surface area contributed by atoms with Gasteiger partial charge in [-0.25, -0.2) is 9.78 Å². The molecule has 1 saturated carbocycles. The summed E-state index contributed by atoms with van der Waals surface area (Å²) in [6.07, 6.45) is 4.67. The summed E-state index contributed by atoms with van der Waals surface area (Å²) in [5, 5.41) is 9.44. The van der Waals surface area contributed by atoms with E-state index >= 15 is 0 Å². The summed E-state index contributed by atoms with van der Waals surface area (Å²) >= 11 is 1.37. The van der Waals surface area contributed by atoms with Gasteiger partial charge in [0.2, 0.25) is 11.8 Å². The van der Waals surface area contributed by atoms with Gasteiger partial charge >= 0.3 is 6.03 Å². The minimum absolute atomic E-state index is 0.0165. The standard InChI is InChI=1S/C30H31N5O4S/c1-3-24(36)32-20-10-7-11-21(20)33-28(37)27-26-25-23(14-15-31-29(25)40-27)35(30(38)34-26)22-13-12-19(16-17(22)2)39-18-8-5-4-6-9-18/h4-6,8-9,12-16,20-21,26-27H,3,7,10-11H2,1-2H3,(H,32,36)(H,33,37)(H,34,38)/t20-,21+,26?,27?/m0/s1. The molecule has 4 amide bonds. The van der Waals surface area contributed by atoms with Crippen LogP contribution in [0.4, 0.5) is 16.2 Å². The number of nitrogens with one attached hydrogen (secondary N) is 3. The zero-order chi connectivity index (χ0) is 27.8. The fourth-order valence-electron chi connectivity index (χ4n) is 5.71. The van der Waals surface area contributed by atoms with E-state index in [9.17, 15) is 14.4 Å². The smallest absolute Gasteiger partial charge is 0.327 e. The molecule has 9 nitrogen and oxygen atoms in total. The first-order chi connectivity index (χ1) is 19.4. The molecule has 2 aromatic carbocycles. The highest BCUT2D eigenvalue weighted by molar-refractivity contribution is 8.01. The molecule has 0 spiro atoms. The maximum absolute atomic E-state index is 13.6. The SMILES string of the molecule is CCC(=O)N[C@H]1CCC[C@H]1NC(=O)C1Sc2nccc3c2C1NC(=O)N3c1ccc(Oc2ccccc2)cc1C. The Balaban J connectivity index is 1.23. The Labute approximate surface area is 237 Å². The van der Waals surface area contributed by atoms with Crippen LogP contribution >= 0.6 is 11.8 Å². The number of anilines is 2. The third kappa shape index (κ3) is 4.88. The number of carbonyl (C=O) groups excluding carboxylic acids is 3. The molecule has 4 atom stereocenters. The summed E-state index contributed by atoms with van der Waals surface area (Å²) < 4.78 is 5.97. The first-order valence-corrected chi connectivity index (χ1v) is 14.5. The molecule has 6 rings (SSSR count). The molecule has 0 bridgehead atoms. The Morgan fingerprint density at radius 1 is 1.05 bits per heavy atom. The Bertz CT molecular complexity index is 1470. The average Bonchev–Trinajstić information content (AvgIpc) is 3.55. The van der Waals surface area contributed by atoms with Crippen LogP contribution in [0.15, 0.2) is 65.8 Å². The van der Waals surface area contributed by atoms with E-state index in [0.717, 1.165) is 52.5 Å². The van der Waals surface area contributed by atoms with Gasteiger partial charge in [0.25, 0.3) is 0 Å². The van der Waals surface area contributed by atoms with E-state index in [0.29, 0.717) is 12.2 Å². The number of aromatic nitrogens is 1. The lowest BCUT2D eigenvalue weighted by Gasteiger charge is -2.35. The second-order valence-electron chi connectivity index (χ2n) is 10.3. The Kier molecular flexibility index (Phi) is 7.10. The largest absolute Gasteiger partial charge is 0.457 e. The van der Waals surface area contributed by atoms with Gasteiger partial charge in [0, 0.05) is 30.3 Å². The van der Waals surface area contributed by atoms with E-state index < -0.39 is 11.3 Å². The molecule has 40 heavy (non-hydrogen) atoms. The zero-order valence-electron chi connectivity index (χ0n) is 22.3. The van der Waals surface area contributed by atoms with Crippen molar-refractivity contribution in [2.24, 2.45) is 0 Å². The van der Waals surface area contributed by atoms with E-state index in [4.69, 9.17) is 4.74 Å². The van der Waals surface area contributed by atoms with Gasteiger partial charge in [-0.15, -0.1) is 0 Å².